The van der Waals surface area contributed by atoms with E-state index >= 15 is 0 Å². The minimum absolute atomic E-state index is 0.187. The largest absolute Gasteiger partial charge is 0.417 e. The molecule has 0 aromatic heterocycles. The molecule has 0 bridgehead atoms. The highest BCUT2D eigenvalue weighted by atomic mass is 28.4. The van der Waals surface area contributed by atoms with Gasteiger partial charge in [-0.15, -0.1) is 0 Å². The summed E-state index contributed by atoms with van der Waals surface area (Å²) in [5.41, 5.74) is 7.49. The summed E-state index contributed by atoms with van der Waals surface area (Å²) in [6.07, 6.45) is 1.86. The van der Waals surface area contributed by atoms with Gasteiger partial charge in [0.15, 0.2) is 8.32 Å². The summed E-state index contributed by atoms with van der Waals surface area (Å²) in [7, 11) is -1.62. The quantitative estimate of drug-likeness (QED) is 0.800. The molecule has 1 atom stereocenters. The van der Waals surface area contributed by atoms with E-state index in [0.717, 1.165) is 19.4 Å². The Bertz CT molecular complexity index is 370. The van der Waals surface area contributed by atoms with Crippen molar-refractivity contribution < 1.29 is 4.43 Å². The molecule has 0 amide bonds. The van der Waals surface area contributed by atoms with E-state index in [2.05, 4.69) is 58.1 Å². The molecule has 108 valence electrons. The van der Waals surface area contributed by atoms with E-state index in [1.54, 1.807) is 0 Å². The molecule has 2 nitrogen and oxygen atoms in total. The molecular weight excluding hydrogens is 250 g/mol. The van der Waals surface area contributed by atoms with Crippen molar-refractivity contribution in [2.75, 3.05) is 6.61 Å². The Morgan fingerprint density at radius 2 is 1.74 bits per heavy atom. The van der Waals surface area contributed by atoms with Gasteiger partial charge in [0.1, 0.15) is 0 Å². The molecule has 0 saturated carbocycles. The molecule has 0 saturated heterocycles. The fourth-order valence-corrected chi connectivity index (χ4v) is 2.76. The second-order valence-corrected chi connectivity index (χ2v) is 11.7. The van der Waals surface area contributed by atoms with Gasteiger partial charge < -0.3 is 10.2 Å². The average Bonchev–Trinajstić information content (AvgIpc) is 2.28. The van der Waals surface area contributed by atoms with E-state index in [1.807, 2.05) is 6.07 Å². The van der Waals surface area contributed by atoms with Crippen LogP contribution in [0.3, 0.4) is 0 Å². The lowest BCUT2D eigenvalue weighted by molar-refractivity contribution is 0.271. The van der Waals surface area contributed by atoms with E-state index in [4.69, 9.17) is 10.2 Å². The lowest BCUT2D eigenvalue weighted by Crippen LogP contribution is -2.41. The molecular formula is C16H29NOSi. The van der Waals surface area contributed by atoms with Crippen LogP contribution < -0.4 is 5.73 Å². The van der Waals surface area contributed by atoms with E-state index in [1.165, 1.54) is 5.56 Å². The van der Waals surface area contributed by atoms with Gasteiger partial charge in [0.25, 0.3) is 0 Å². The molecule has 1 aromatic carbocycles. The summed E-state index contributed by atoms with van der Waals surface area (Å²) < 4.78 is 6.16. The van der Waals surface area contributed by atoms with Gasteiger partial charge in [0.05, 0.1) is 0 Å². The Balaban J connectivity index is 2.34. The van der Waals surface area contributed by atoms with Gasteiger partial charge in [0.2, 0.25) is 0 Å². The van der Waals surface area contributed by atoms with E-state index in [-0.39, 0.29) is 11.1 Å². The topological polar surface area (TPSA) is 35.2 Å². The first kappa shape index (κ1) is 16.4. The lowest BCUT2D eigenvalue weighted by atomic mass is 10.0. The van der Waals surface area contributed by atoms with Crippen molar-refractivity contribution in [1.29, 1.82) is 0 Å². The van der Waals surface area contributed by atoms with Gasteiger partial charge in [0, 0.05) is 12.6 Å². The zero-order valence-corrected chi connectivity index (χ0v) is 14.1. The van der Waals surface area contributed by atoms with Crippen LogP contribution in [0.5, 0.6) is 0 Å². The summed E-state index contributed by atoms with van der Waals surface area (Å²) >= 11 is 0. The third kappa shape index (κ3) is 5.47. The Morgan fingerprint density at radius 3 is 2.26 bits per heavy atom. The fourth-order valence-electron chi connectivity index (χ4n) is 1.70. The Labute approximate surface area is 119 Å². The van der Waals surface area contributed by atoms with E-state index < -0.39 is 8.32 Å². The van der Waals surface area contributed by atoms with Crippen LogP contribution in [0.4, 0.5) is 0 Å². The molecule has 3 heteroatoms. The first-order valence-corrected chi connectivity index (χ1v) is 10.1. The highest BCUT2D eigenvalue weighted by molar-refractivity contribution is 6.74. The summed E-state index contributed by atoms with van der Waals surface area (Å²) in [5, 5.41) is 0.274. The highest BCUT2D eigenvalue weighted by Gasteiger charge is 2.36. The minimum atomic E-state index is -1.62. The van der Waals surface area contributed by atoms with Crippen molar-refractivity contribution in [3.63, 3.8) is 0 Å². The van der Waals surface area contributed by atoms with Crippen molar-refractivity contribution in [2.45, 2.75) is 57.8 Å². The summed E-state index contributed by atoms with van der Waals surface area (Å²) in [6.45, 7) is 12.2. The average molecular weight is 279 g/mol. The molecule has 19 heavy (non-hydrogen) atoms. The van der Waals surface area contributed by atoms with Crippen LogP contribution in [-0.2, 0) is 10.8 Å². The SMILES string of the molecule is CC(C)(C)[Si](C)(C)OCCC(N)Cc1ccccc1. The second kappa shape index (κ2) is 6.68. The molecule has 0 aliphatic heterocycles. The normalized spacial score (nSPS) is 14.4. The van der Waals surface area contributed by atoms with Crippen molar-refractivity contribution in [3.8, 4) is 0 Å². The van der Waals surface area contributed by atoms with Crippen LogP contribution in [0.1, 0.15) is 32.8 Å². The van der Waals surface area contributed by atoms with Gasteiger partial charge >= 0.3 is 0 Å². The minimum Gasteiger partial charge on any atom is -0.417 e. The number of nitrogens with two attached hydrogens (primary N) is 1. The number of hydrogen-bond donors (Lipinski definition) is 1. The monoisotopic (exact) mass is 279 g/mol. The van der Waals surface area contributed by atoms with Crippen molar-refractivity contribution in [3.05, 3.63) is 35.9 Å². The first-order valence-electron chi connectivity index (χ1n) is 7.16. The van der Waals surface area contributed by atoms with E-state index in [9.17, 15) is 0 Å². The van der Waals surface area contributed by atoms with Crippen LogP contribution in [0.25, 0.3) is 0 Å². The number of hydrogen-bond acceptors (Lipinski definition) is 2. The number of benzene rings is 1. The van der Waals surface area contributed by atoms with Crippen LogP contribution >= 0.6 is 0 Å². The maximum atomic E-state index is 6.18. The Morgan fingerprint density at radius 1 is 1.16 bits per heavy atom. The van der Waals surface area contributed by atoms with Crippen LogP contribution in [-0.4, -0.2) is 21.0 Å². The third-order valence-electron chi connectivity index (χ3n) is 4.10. The number of rotatable bonds is 6. The highest BCUT2D eigenvalue weighted by Crippen LogP contribution is 2.36. The molecule has 0 aliphatic carbocycles. The molecule has 1 unspecified atom stereocenters. The maximum absolute atomic E-state index is 6.18. The summed E-state index contributed by atoms with van der Waals surface area (Å²) in [4.78, 5) is 0. The van der Waals surface area contributed by atoms with Gasteiger partial charge in [-0.3, -0.25) is 0 Å². The first-order chi connectivity index (χ1) is 8.72. The predicted octanol–water partition coefficient (Wildman–Crippen LogP) is 3.97. The van der Waals surface area contributed by atoms with Gasteiger partial charge in [-0.25, -0.2) is 0 Å². The summed E-state index contributed by atoms with van der Waals surface area (Å²) in [5.74, 6) is 0. The zero-order chi connectivity index (χ0) is 14.5. The Kier molecular flexibility index (Phi) is 5.77. The molecule has 2 N–H and O–H groups in total. The molecule has 0 heterocycles. The van der Waals surface area contributed by atoms with Crippen LogP contribution in [0.15, 0.2) is 30.3 Å². The third-order valence-corrected chi connectivity index (χ3v) is 8.64. The lowest BCUT2D eigenvalue weighted by Gasteiger charge is -2.36. The maximum Gasteiger partial charge on any atom is 0.191 e. The van der Waals surface area contributed by atoms with Crippen molar-refractivity contribution in [1.82, 2.24) is 0 Å². The van der Waals surface area contributed by atoms with Crippen LogP contribution in [0.2, 0.25) is 18.1 Å². The summed E-state index contributed by atoms with van der Waals surface area (Å²) in [6, 6.07) is 10.6. The molecule has 0 fully saturated rings. The fraction of sp³-hybridized carbons (Fsp3) is 0.625. The molecule has 1 rings (SSSR count). The van der Waals surface area contributed by atoms with Gasteiger partial charge in [-0.05, 0) is 36.5 Å². The smallest absolute Gasteiger partial charge is 0.191 e. The van der Waals surface area contributed by atoms with Crippen LogP contribution in [0, 0.1) is 0 Å². The van der Waals surface area contributed by atoms with E-state index in [0.29, 0.717) is 0 Å². The molecule has 0 spiro atoms. The predicted molar refractivity (Wildman–Crippen MR) is 85.9 cm³/mol. The second-order valence-electron chi connectivity index (χ2n) is 6.85. The molecule has 0 radical (unpaired) electrons. The Hall–Kier alpha value is -0.643. The molecule has 1 aromatic rings. The van der Waals surface area contributed by atoms with Crippen molar-refractivity contribution >= 4 is 8.32 Å². The van der Waals surface area contributed by atoms with Crippen molar-refractivity contribution in [2.24, 2.45) is 5.73 Å². The van der Waals surface area contributed by atoms with Gasteiger partial charge in [-0.2, -0.15) is 0 Å². The van der Waals surface area contributed by atoms with Gasteiger partial charge in [-0.1, -0.05) is 51.1 Å². The molecule has 0 aliphatic rings. The standard InChI is InChI=1S/C16H29NOSi/c1-16(2,3)19(4,5)18-12-11-15(17)13-14-9-7-6-8-10-14/h6-10,15H,11-13,17H2,1-5H3. The zero-order valence-electron chi connectivity index (χ0n) is 13.1.